The molecular formula is C22H15MnNaO7P+. The van der Waals surface area contributed by atoms with Gasteiger partial charge in [-0.15, -0.1) is 0 Å². The molecule has 0 saturated heterocycles. The van der Waals surface area contributed by atoms with Crippen LogP contribution in [0, 0.1) is 26.6 Å². The molecule has 3 aromatic carbocycles. The zero-order valence-corrected chi connectivity index (χ0v) is 20.9. The minimum absolute atomic E-state index is 0. The third kappa shape index (κ3) is 17.6. The molecule has 0 spiro atoms. The average molecular weight is 500 g/mol. The van der Waals surface area contributed by atoms with Crippen LogP contribution in [-0.4, -0.2) is 0 Å². The summed E-state index contributed by atoms with van der Waals surface area (Å²) in [5, 5.41) is 0. The van der Waals surface area contributed by atoms with E-state index in [1.165, 1.54) is 0 Å². The molecule has 0 N–H and O–H groups in total. The summed E-state index contributed by atoms with van der Waals surface area (Å²) in [6, 6.07) is 28.5. The largest absolute Gasteiger partial charge is 1.00 e. The van der Waals surface area contributed by atoms with E-state index < -0.39 is 8.60 Å². The van der Waals surface area contributed by atoms with Crippen LogP contribution in [0.15, 0.2) is 91.0 Å². The van der Waals surface area contributed by atoms with Gasteiger partial charge in [0.05, 0.1) is 0 Å². The van der Waals surface area contributed by atoms with Crippen molar-refractivity contribution in [2.45, 2.75) is 0 Å². The average Bonchev–Trinajstić information content (AvgIpc) is 2.86. The quantitative estimate of drug-likeness (QED) is 0.224. The SMILES string of the molecule is [C-]#[O+].[C-]#[O+].[C-]#[O+].[C-]#[O+].[Mn].[Na+].c1ccc(OP(Oc2ccccc2)Oc2ccccc2)cc1. The van der Waals surface area contributed by atoms with Crippen LogP contribution in [0.5, 0.6) is 17.2 Å². The standard InChI is InChI=1S/C18H15O3P.4CO.Mn.Na/c1-4-10-16(11-5-1)19-22(20-17-12-6-2-7-13-17)21-18-14-8-3-9-15-18;4*1-2;;/h1-15H;;;;;;/q;;;;;;+1. The van der Waals surface area contributed by atoms with Crippen LogP contribution in [0.4, 0.5) is 0 Å². The molecule has 0 atom stereocenters. The van der Waals surface area contributed by atoms with E-state index in [9.17, 15) is 0 Å². The van der Waals surface area contributed by atoms with Crippen LogP contribution < -0.4 is 43.1 Å². The summed E-state index contributed by atoms with van der Waals surface area (Å²) in [5.41, 5.74) is 0. The van der Waals surface area contributed by atoms with E-state index >= 15 is 0 Å². The van der Waals surface area contributed by atoms with Gasteiger partial charge >= 0.3 is 83.4 Å². The molecule has 0 aliphatic heterocycles. The molecule has 0 bridgehead atoms. The van der Waals surface area contributed by atoms with Gasteiger partial charge < -0.3 is 13.6 Å². The Labute approximate surface area is 221 Å². The summed E-state index contributed by atoms with van der Waals surface area (Å²) in [7, 11) is -1.59. The van der Waals surface area contributed by atoms with Gasteiger partial charge in [-0.2, -0.15) is 0 Å². The Kier molecular flexibility index (Phi) is 33.8. The van der Waals surface area contributed by atoms with E-state index in [2.05, 4.69) is 26.6 Å². The second-order valence-corrected chi connectivity index (χ2v) is 5.43. The fourth-order valence-electron chi connectivity index (χ4n) is 1.76. The topological polar surface area (TPSA) is 107 Å². The molecule has 0 aromatic heterocycles. The van der Waals surface area contributed by atoms with Crippen LogP contribution in [0.3, 0.4) is 0 Å². The summed E-state index contributed by atoms with van der Waals surface area (Å²) in [5.74, 6) is 2.13. The number of hydrogen-bond donors (Lipinski definition) is 0. The predicted octanol–water partition coefficient (Wildman–Crippen LogP) is 2.30. The van der Waals surface area contributed by atoms with Crippen molar-refractivity contribution < 1.29 is 78.8 Å². The van der Waals surface area contributed by atoms with E-state index in [-0.39, 0.29) is 46.6 Å². The molecule has 7 nitrogen and oxygen atoms in total. The van der Waals surface area contributed by atoms with Crippen molar-refractivity contribution in [2.75, 3.05) is 0 Å². The van der Waals surface area contributed by atoms with Gasteiger partial charge in [0.2, 0.25) is 0 Å². The van der Waals surface area contributed by atoms with E-state index in [0.29, 0.717) is 17.2 Å². The molecule has 0 saturated carbocycles. The van der Waals surface area contributed by atoms with Crippen molar-refractivity contribution in [2.24, 2.45) is 0 Å². The van der Waals surface area contributed by atoms with Gasteiger partial charge in [0.15, 0.2) is 0 Å². The molecule has 3 rings (SSSR count). The molecule has 32 heavy (non-hydrogen) atoms. The summed E-state index contributed by atoms with van der Waals surface area (Å²) < 4.78 is 47.5. The van der Waals surface area contributed by atoms with Gasteiger partial charge in [-0.1, -0.05) is 54.6 Å². The van der Waals surface area contributed by atoms with Gasteiger partial charge in [0.25, 0.3) is 0 Å². The molecule has 157 valence electrons. The van der Waals surface area contributed by atoms with Crippen LogP contribution in [-0.2, 0) is 35.7 Å². The normalized spacial score (nSPS) is 7.28. The van der Waals surface area contributed by atoms with E-state index in [4.69, 9.17) is 32.2 Å². The third-order valence-electron chi connectivity index (χ3n) is 2.77. The number of hydrogen-bond acceptors (Lipinski definition) is 3. The fourth-order valence-corrected chi connectivity index (χ4v) is 2.75. The Balaban J connectivity index is -0.000000355. The van der Waals surface area contributed by atoms with Crippen molar-refractivity contribution in [3.8, 4) is 17.2 Å². The Morgan fingerprint density at radius 2 is 0.625 bits per heavy atom. The second-order valence-electron chi connectivity index (χ2n) is 4.44. The first-order valence-electron chi connectivity index (χ1n) is 7.71. The Hall–Kier alpha value is -2.03. The number of para-hydroxylation sites is 3. The smallest absolute Gasteiger partial charge is 0.409 e. The van der Waals surface area contributed by atoms with Crippen LogP contribution in [0.1, 0.15) is 0 Å². The van der Waals surface area contributed by atoms with Crippen LogP contribution in [0.25, 0.3) is 0 Å². The maximum Gasteiger partial charge on any atom is 1.00 e. The van der Waals surface area contributed by atoms with E-state index in [0.717, 1.165) is 0 Å². The van der Waals surface area contributed by atoms with Gasteiger partial charge in [-0.25, -0.2) is 0 Å². The zero-order chi connectivity index (χ0) is 23.0. The Morgan fingerprint density at radius 1 is 0.438 bits per heavy atom. The van der Waals surface area contributed by atoms with Crippen molar-refractivity contribution in [1.82, 2.24) is 0 Å². The second kappa shape index (κ2) is 29.0. The third-order valence-corrected chi connectivity index (χ3v) is 3.85. The molecular weight excluding hydrogens is 485 g/mol. The van der Waals surface area contributed by atoms with Gasteiger partial charge in [0.1, 0.15) is 17.2 Å². The molecule has 0 unspecified atom stereocenters. The van der Waals surface area contributed by atoms with Crippen molar-refractivity contribution >= 4 is 8.60 Å². The Morgan fingerprint density at radius 3 is 0.812 bits per heavy atom. The molecule has 1 radical (unpaired) electrons. The molecule has 0 heterocycles. The van der Waals surface area contributed by atoms with E-state index in [1.807, 2.05) is 91.0 Å². The van der Waals surface area contributed by atoms with Crippen LogP contribution >= 0.6 is 8.60 Å². The van der Waals surface area contributed by atoms with Crippen molar-refractivity contribution in [3.05, 3.63) is 118 Å². The molecule has 0 amide bonds. The first-order chi connectivity index (χ1) is 14.9. The van der Waals surface area contributed by atoms with Crippen molar-refractivity contribution in [1.29, 1.82) is 0 Å². The van der Waals surface area contributed by atoms with Gasteiger partial charge in [0, 0.05) is 17.1 Å². The molecule has 0 fully saturated rings. The van der Waals surface area contributed by atoms with Gasteiger partial charge in [-0.3, -0.25) is 0 Å². The summed E-state index contributed by atoms with van der Waals surface area (Å²) in [4.78, 5) is 0. The van der Waals surface area contributed by atoms with E-state index in [1.54, 1.807) is 0 Å². The number of benzene rings is 3. The summed E-state index contributed by atoms with van der Waals surface area (Å²) in [6.07, 6.45) is 0. The van der Waals surface area contributed by atoms with Crippen molar-refractivity contribution in [3.63, 3.8) is 0 Å². The summed E-state index contributed by atoms with van der Waals surface area (Å²) >= 11 is 0. The first kappa shape index (κ1) is 37.3. The number of rotatable bonds is 6. The monoisotopic (exact) mass is 500 g/mol. The van der Waals surface area contributed by atoms with Gasteiger partial charge in [-0.05, 0) is 36.4 Å². The maximum atomic E-state index is 7.50. The predicted molar refractivity (Wildman–Crippen MR) is 104 cm³/mol. The minimum atomic E-state index is -1.59. The molecule has 3 aromatic rings. The molecule has 0 aliphatic carbocycles. The Bertz CT molecular complexity index is 738. The zero-order valence-electron chi connectivity index (χ0n) is 16.8. The fraction of sp³-hybridized carbons (Fsp3) is 0. The molecule has 0 aliphatic rings. The maximum absolute atomic E-state index is 7.50. The molecule has 10 heteroatoms. The van der Waals surface area contributed by atoms with Crippen LogP contribution in [0.2, 0.25) is 0 Å². The minimum Gasteiger partial charge on any atom is -0.409 e. The summed E-state index contributed by atoms with van der Waals surface area (Å²) in [6.45, 7) is 18.0. The first-order valence-corrected chi connectivity index (χ1v) is 8.80.